The molecule has 4 aromatic carbocycles. The van der Waals surface area contributed by atoms with Crippen molar-refractivity contribution in [2.75, 3.05) is 13.1 Å². The molecular weight excluding hydrogens is 644 g/mol. The number of esters is 1. The fraction of sp³-hybridized carbons (Fsp3) is 0.357. The number of fused-ring (bicyclic) bond motifs is 1. The summed E-state index contributed by atoms with van der Waals surface area (Å²) in [5, 5.41) is 9.61. The largest absolute Gasteiger partial charge is 0.459 e. The van der Waals surface area contributed by atoms with E-state index in [0.717, 1.165) is 52.8 Å². The van der Waals surface area contributed by atoms with E-state index < -0.39 is 11.9 Å². The van der Waals surface area contributed by atoms with Crippen molar-refractivity contribution in [2.45, 2.75) is 83.3 Å². The van der Waals surface area contributed by atoms with Gasteiger partial charge in [0, 0.05) is 18.5 Å². The lowest BCUT2D eigenvalue weighted by Crippen LogP contribution is -2.45. The molecule has 3 heterocycles. The molecule has 2 amide bonds. The normalized spacial score (nSPS) is 22.3. The van der Waals surface area contributed by atoms with Crippen molar-refractivity contribution in [2.24, 2.45) is 0 Å². The highest BCUT2D eigenvalue weighted by molar-refractivity contribution is 6.21. The van der Waals surface area contributed by atoms with Gasteiger partial charge in [0.25, 0.3) is 11.8 Å². The number of amides is 2. The first-order chi connectivity index (χ1) is 24.6. The number of hydrogen-bond acceptors (Lipinski definition) is 8. The fourth-order valence-corrected chi connectivity index (χ4v) is 7.26. The number of ether oxygens (including phenoxy) is 3. The fourth-order valence-electron chi connectivity index (χ4n) is 7.26. The number of aliphatic hydroxyl groups is 1. The minimum absolute atomic E-state index is 0.0343. The van der Waals surface area contributed by atoms with Crippen LogP contribution in [-0.2, 0) is 32.2 Å². The molecule has 1 N–H and O–H groups in total. The molecule has 4 aromatic rings. The number of likely N-dealkylation sites (tertiary alicyclic amines) is 1. The minimum Gasteiger partial charge on any atom is -0.459 e. The van der Waals surface area contributed by atoms with Gasteiger partial charge in [-0.25, -0.2) is 0 Å². The molecule has 0 radical (unpaired) electrons. The van der Waals surface area contributed by atoms with Gasteiger partial charge in [0.05, 0.1) is 36.5 Å². The SMILES string of the molecule is CC(C)(C)OC(=O)[C@@H]1CCCN1C[C@H]1C[C@@H](c2ccc(CO)cc2)O[C@@H](c2cccc(-c3cccc(CN4C(=O)c5ccccc5C4=O)c3)c2)O1. The molecule has 3 aliphatic heterocycles. The third-order valence-corrected chi connectivity index (χ3v) is 9.73. The van der Waals surface area contributed by atoms with Crippen LogP contribution in [0.4, 0.5) is 0 Å². The summed E-state index contributed by atoms with van der Waals surface area (Å²) in [5.41, 5.74) is 5.71. The van der Waals surface area contributed by atoms with Gasteiger partial charge in [-0.2, -0.15) is 0 Å². The number of rotatable bonds is 9. The van der Waals surface area contributed by atoms with E-state index >= 15 is 0 Å². The van der Waals surface area contributed by atoms with Crippen molar-refractivity contribution in [1.29, 1.82) is 0 Å². The second-order valence-electron chi connectivity index (χ2n) is 14.6. The molecule has 2 saturated heterocycles. The Morgan fingerprint density at radius 3 is 2.20 bits per heavy atom. The monoisotopic (exact) mass is 688 g/mol. The van der Waals surface area contributed by atoms with Gasteiger partial charge in [-0.15, -0.1) is 0 Å². The van der Waals surface area contributed by atoms with Crippen molar-refractivity contribution >= 4 is 17.8 Å². The van der Waals surface area contributed by atoms with Crippen LogP contribution in [0.3, 0.4) is 0 Å². The Morgan fingerprint density at radius 2 is 1.51 bits per heavy atom. The summed E-state index contributed by atoms with van der Waals surface area (Å²) < 4.78 is 19.1. The van der Waals surface area contributed by atoms with Crippen molar-refractivity contribution in [3.8, 4) is 11.1 Å². The molecule has 0 saturated carbocycles. The molecule has 9 heteroatoms. The maximum absolute atomic E-state index is 13.1. The molecule has 51 heavy (non-hydrogen) atoms. The van der Waals surface area contributed by atoms with Crippen molar-refractivity contribution < 1.29 is 33.7 Å². The molecule has 0 spiro atoms. The first kappa shape index (κ1) is 34.8. The van der Waals surface area contributed by atoms with Gasteiger partial charge in [0.2, 0.25) is 0 Å². The molecule has 9 nitrogen and oxygen atoms in total. The number of nitrogens with zero attached hydrogens (tertiary/aromatic N) is 2. The van der Waals surface area contributed by atoms with E-state index in [0.29, 0.717) is 24.1 Å². The van der Waals surface area contributed by atoms with Gasteiger partial charge < -0.3 is 19.3 Å². The van der Waals surface area contributed by atoms with Crippen molar-refractivity contribution in [1.82, 2.24) is 9.80 Å². The van der Waals surface area contributed by atoms with Crippen molar-refractivity contribution in [3.05, 3.63) is 130 Å². The predicted molar refractivity (Wildman–Crippen MR) is 191 cm³/mol. The van der Waals surface area contributed by atoms with Crippen LogP contribution in [0.2, 0.25) is 0 Å². The molecule has 0 aromatic heterocycles. The number of aliphatic hydroxyl groups excluding tert-OH is 1. The second kappa shape index (κ2) is 14.5. The third kappa shape index (κ3) is 7.67. The Balaban J connectivity index is 1.12. The average molecular weight is 689 g/mol. The lowest BCUT2D eigenvalue weighted by atomic mass is 9.98. The zero-order valence-corrected chi connectivity index (χ0v) is 29.3. The summed E-state index contributed by atoms with van der Waals surface area (Å²) in [5.74, 6) is -0.759. The summed E-state index contributed by atoms with van der Waals surface area (Å²) in [6, 6.07) is 30.3. The Labute approximate surface area is 298 Å². The number of benzene rings is 4. The van der Waals surface area contributed by atoms with E-state index in [4.69, 9.17) is 14.2 Å². The third-order valence-electron chi connectivity index (χ3n) is 9.73. The average Bonchev–Trinajstić information content (AvgIpc) is 3.69. The Bertz CT molecular complexity index is 1880. The summed E-state index contributed by atoms with van der Waals surface area (Å²) in [6.07, 6.45) is 1.11. The van der Waals surface area contributed by atoms with Crippen LogP contribution in [0.5, 0.6) is 0 Å². The van der Waals surface area contributed by atoms with Gasteiger partial charge in [-0.1, -0.05) is 72.8 Å². The van der Waals surface area contributed by atoms with Crippen LogP contribution in [-0.4, -0.2) is 63.5 Å². The Morgan fingerprint density at radius 1 is 0.824 bits per heavy atom. The predicted octanol–water partition coefficient (Wildman–Crippen LogP) is 6.99. The lowest BCUT2D eigenvalue weighted by Gasteiger charge is -2.38. The highest BCUT2D eigenvalue weighted by Gasteiger charge is 2.39. The number of carbonyl (C=O) groups is 3. The summed E-state index contributed by atoms with van der Waals surface area (Å²) in [6.45, 7) is 7.17. The van der Waals surface area contributed by atoms with E-state index in [-0.39, 0.29) is 49.2 Å². The van der Waals surface area contributed by atoms with Gasteiger partial charge >= 0.3 is 5.97 Å². The topological polar surface area (TPSA) is 106 Å². The summed E-state index contributed by atoms with van der Waals surface area (Å²) in [4.78, 5) is 42.7. The van der Waals surface area contributed by atoms with Gasteiger partial charge in [-0.05, 0) is 92.2 Å². The molecule has 2 fully saturated rings. The number of carbonyl (C=O) groups excluding carboxylic acids is 3. The van der Waals surface area contributed by atoms with E-state index in [1.165, 1.54) is 4.90 Å². The molecule has 7 rings (SSSR count). The molecule has 3 aliphatic rings. The maximum Gasteiger partial charge on any atom is 0.323 e. The maximum atomic E-state index is 13.1. The molecule has 4 atom stereocenters. The second-order valence-corrected chi connectivity index (χ2v) is 14.6. The highest BCUT2D eigenvalue weighted by atomic mass is 16.7. The standard InChI is InChI=1S/C42H44N2O7/c1-42(2,3)51-40(48)36-15-8-20-43(36)25-33-23-37(29-18-16-27(26-45)17-19-29)50-41(49-33)32-12-7-11-31(22-32)30-10-6-9-28(21-30)24-44-38(46)34-13-4-5-14-35(34)39(44)47/h4-7,9-14,16-19,21-22,33,36-37,41,45H,8,15,20,23-26H2,1-3H3/t33-,36+,37+,41+/m1/s1. The van der Waals surface area contributed by atoms with Crippen molar-refractivity contribution in [3.63, 3.8) is 0 Å². The van der Waals surface area contributed by atoms with Crippen LogP contribution < -0.4 is 0 Å². The molecular formula is C42H44N2O7. The molecule has 0 aliphatic carbocycles. The lowest BCUT2D eigenvalue weighted by molar-refractivity contribution is -0.253. The molecule has 0 bridgehead atoms. The first-order valence-electron chi connectivity index (χ1n) is 17.7. The zero-order valence-electron chi connectivity index (χ0n) is 29.3. The van der Waals surface area contributed by atoms with Crippen LogP contribution in [0.1, 0.15) is 95.4 Å². The summed E-state index contributed by atoms with van der Waals surface area (Å²) in [7, 11) is 0. The van der Waals surface area contributed by atoms with Crippen LogP contribution in [0, 0.1) is 0 Å². The highest BCUT2D eigenvalue weighted by Crippen LogP contribution is 2.40. The van der Waals surface area contributed by atoms with Gasteiger partial charge in [-0.3, -0.25) is 24.2 Å². The summed E-state index contributed by atoms with van der Waals surface area (Å²) >= 11 is 0. The molecule has 0 unspecified atom stereocenters. The van der Waals surface area contributed by atoms with Gasteiger partial charge in [0.1, 0.15) is 11.6 Å². The minimum atomic E-state index is -0.671. The number of hydrogen-bond donors (Lipinski definition) is 1. The Hall–Kier alpha value is -4.67. The Kier molecular flexibility index (Phi) is 9.90. The quantitative estimate of drug-likeness (QED) is 0.148. The van der Waals surface area contributed by atoms with Crippen LogP contribution >= 0.6 is 0 Å². The van der Waals surface area contributed by atoms with Gasteiger partial charge in [0.15, 0.2) is 6.29 Å². The smallest absolute Gasteiger partial charge is 0.323 e. The zero-order chi connectivity index (χ0) is 35.7. The van der Waals surface area contributed by atoms with E-state index in [2.05, 4.69) is 11.0 Å². The van der Waals surface area contributed by atoms with Crippen LogP contribution in [0.25, 0.3) is 11.1 Å². The van der Waals surface area contributed by atoms with Crippen LogP contribution in [0.15, 0.2) is 97.1 Å². The van der Waals surface area contributed by atoms with E-state index in [1.807, 2.05) is 87.5 Å². The molecule has 264 valence electrons. The van der Waals surface area contributed by atoms with E-state index in [9.17, 15) is 19.5 Å². The first-order valence-corrected chi connectivity index (χ1v) is 17.7. The number of imide groups is 1. The van der Waals surface area contributed by atoms with E-state index in [1.54, 1.807) is 24.3 Å².